The van der Waals surface area contributed by atoms with E-state index in [-0.39, 0.29) is 23.6 Å². The Kier molecular flexibility index (Phi) is 5.02. The second kappa shape index (κ2) is 7.83. The van der Waals surface area contributed by atoms with Gasteiger partial charge in [0.15, 0.2) is 15.5 Å². The molecule has 0 radical (unpaired) electrons. The van der Waals surface area contributed by atoms with E-state index >= 15 is 0 Å². The fraction of sp³-hybridized carbons (Fsp3) is 0.455. The number of rotatable bonds is 5. The predicted molar refractivity (Wildman–Crippen MR) is 118 cm³/mol. The second-order valence-electron chi connectivity index (χ2n) is 8.12. The highest BCUT2D eigenvalue weighted by molar-refractivity contribution is 7.21. The summed E-state index contributed by atoms with van der Waals surface area (Å²) in [7, 11) is 0. The van der Waals surface area contributed by atoms with Gasteiger partial charge in [-0.05, 0) is 31.7 Å². The number of hydrogen-bond acceptors (Lipinski definition) is 6. The highest BCUT2D eigenvalue weighted by atomic mass is 32.1. The summed E-state index contributed by atoms with van der Waals surface area (Å²) in [5.74, 6) is 0.757. The van der Waals surface area contributed by atoms with E-state index in [0.717, 1.165) is 50.0 Å². The van der Waals surface area contributed by atoms with Gasteiger partial charge in [0, 0.05) is 19.1 Å². The number of carbonyl (C=O) groups is 1. The molecule has 1 saturated heterocycles. The number of nitrogens with one attached hydrogen (secondary N) is 1. The van der Waals surface area contributed by atoms with Crippen LogP contribution in [0.5, 0.6) is 0 Å². The lowest BCUT2D eigenvalue weighted by molar-refractivity contribution is -0.123. The van der Waals surface area contributed by atoms with Gasteiger partial charge in [0.2, 0.25) is 5.91 Å². The van der Waals surface area contributed by atoms with Crippen LogP contribution in [0.25, 0.3) is 10.3 Å². The van der Waals surface area contributed by atoms with Crippen LogP contribution < -0.4 is 15.8 Å². The average molecular weight is 424 g/mol. The quantitative estimate of drug-likeness (QED) is 0.682. The summed E-state index contributed by atoms with van der Waals surface area (Å²) in [6.45, 7) is 3.18. The van der Waals surface area contributed by atoms with Gasteiger partial charge in [0.25, 0.3) is 5.56 Å². The van der Waals surface area contributed by atoms with Gasteiger partial charge in [-0.3, -0.25) is 14.2 Å². The Morgan fingerprint density at radius 1 is 1.17 bits per heavy atom. The van der Waals surface area contributed by atoms with Gasteiger partial charge in [0.05, 0.1) is 0 Å². The van der Waals surface area contributed by atoms with E-state index in [2.05, 4.69) is 15.3 Å². The van der Waals surface area contributed by atoms with Crippen molar-refractivity contribution in [2.45, 2.75) is 57.7 Å². The zero-order chi connectivity index (χ0) is 20.7. The summed E-state index contributed by atoms with van der Waals surface area (Å²) in [5, 5.41) is 3.73. The maximum Gasteiger partial charge on any atom is 0.281 e. The third-order valence-electron chi connectivity index (χ3n) is 6.20. The van der Waals surface area contributed by atoms with Gasteiger partial charge < -0.3 is 10.2 Å². The van der Waals surface area contributed by atoms with Crippen molar-refractivity contribution in [3.05, 3.63) is 52.1 Å². The first-order chi connectivity index (χ1) is 14.6. The molecule has 1 aliphatic heterocycles. The summed E-state index contributed by atoms with van der Waals surface area (Å²) in [6.07, 6.45) is 5.16. The molecule has 2 fully saturated rings. The van der Waals surface area contributed by atoms with Crippen molar-refractivity contribution in [1.29, 1.82) is 0 Å². The molecule has 8 heteroatoms. The SMILES string of the molecule is Cc1nc2sc(N3CCC3C(=O)NCc3ccccc3)nc2c(=O)n1C1CCCC1. The Balaban J connectivity index is 1.36. The lowest BCUT2D eigenvalue weighted by Crippen LogP contribution is -2.56. The largest absolute Gasteiger partial charge is 0.350 e. The maximum absolute atomic E-state index is 13.1. The molecule has 1 amide bonds. The average Bonchev–Trinajstić information content (AvgIpc) is 3.37. The number of fused-ring (bicyclic) bond motifs is 1. The highest BCUT2D eigenvalue weighted by Crippen LogP contribution is 2.34. The van der Waals surface area contributed by atoms with Gasteiger partial charge in [0.1, 0.15) is 11.9 Å². The summed E-state index contributed by atoms with van der Waals surface area (Å²) in [4.78, 5) is 37.8. The number of thiazole rings is 1. The van der Waals surface area contributed by atoms with Crippen molar-refractivity contribution < 1.29 is 4.79 Å². The lowest BCUT2D eigenvalue weighted by Gasteiger charge is -2.39. The van der Waals surface area contributed by atoms with Gasteiger partial charge in [-0.2, -0.15) is 0 Å². The molecule has 0 bridgehead atoms. The van der Waals surface area contributed by atoms with Crippen molar-refractivity contribution >= 4 is 32.7 Å². The van der Waals surface area contributed by atoms with E-state index in [1.54, 1.807) is 0 Å². The van der Waals surface area contributed by atoms with E-state index in [4.69, 9.17) is 0 Å². The standard InChI is InChI=1S/C22H25N5O2S/c1-14-24-20-18(21(29)27(14)16-9-5-6-10-16)25-22(30-20)26-12-11-17(26)19(28)23-13-15-7-3-2-4-8-15/h2-4,7-8,16-17H,5-6,9-13H2,1H3,(H,23,28). The molecule has 7 nitrogen and oxygen atoms in total. The first-order valence-electron chi connectivity index (χ1n) is 10.6. The molecule has 156 valence electrons. The minimum Gasteiger partial charge on any atom is -0.350 e. The third-order valence-corrected chi connectivity index (χ3v) is 7.19. The minimum atomic E-state index is -0.243. The van der Waals surface area contributed by atoms with Crippen LogP contribution >= 0.6 is 11.3 Å². The monoisotopic (exact) mass is 423 g/mol. The van der Waals surface area contributed by atoms with Crippen LogP contribution in [0.1, 0.15) is 49.5 Å². The summed E-state index contributed by atoms with van der Waals surface area (Å²) >= 11 is 1.41. The third kappa shape index (κ3) is 3.39. The topological polar surface area (TPSA) is 80.1 Å². The van der Waals surface area contributed by atoms with Gasteiger partial charge in [-0.25, -0.2) is 9.97 Å². The summed E-state index contributed by atoms with van der Waals surface area (Å²) in [6, 6.07) is 9.87. The highest BCUT2D eigenvalue weighted by Gasteiger charge is 2.36. The van der Waals surface area contributed by atoms with Crippen LogP contribution in [0.4, 0.5) is 5.13 Å². The van der Waals surface area contributed by atoms with E-state index in [1.807, 2.05) is 46.7 Å². The molecule has 30 heavy (non-hydrogen) atoms. The number of amides is 1. The Labute approximate surface area is 178 Å². The molecule has 5 rings (SSSR count). The Morgan fingerprint density at radius 2 is 1.93 bits per heavy atom. The molecule has 2 aromatic heterocycles. The molecule has 1 N–H and O–H groups in total. The first kappa shape index (κ1) is 19.2. The van der Waals surface area contributed by atoms with Crippen molar-refractivity contribution in [2.75, 3.05) is 11.4 Å². The molecular formula is C22H25N5O2S. The first-order valence-corrected chi connectivity index (χ1v) is 11.4. The van der Waals surface area contributed by atoms with E-state index in [0.29, 0.717) is 22.0 Å². The van der Waals surface area contributed by atoms with Crippen LogP contribution in [0, 0.1) is 6.92 Å². The van der Waals surface area contributed by atoms with Crippen LogP contribution in [0.15, 0.2) is 35.1 Å². The van der Waals surface area contributed by atoms with Crippen molar-refractivity contribution in [2.24, 2.45) is 0 Å². The molecule has 3 aromatic rings. The number of benzene rings is 1. The second-order valence-corrected chi connectivity index (χ2v) is 9.08. The zero-order valence-electron chi connectivity index (χ0n) is 17.0. The Hall–Kier alpha value is -2.74. The molecule has 1 atom stereocenters. The smallest absolute Gasteiger partial charge is 0.281 e. The number of carbonyl (C=O) groups excluding carboxylic acids is 1. The fourth-order valence-corrected chi connectivity index (χ4v) is 5.54. The molecule has 2 aliphatic rings. The number of anilines is 1. The van der Waals surface area contributed by atoms with Gasteiger partial charge in [-0.15, -0.1) is 0 Å². The molecule has 1 saturated carbocycles. The van der Waals surface area contributed by atoms with Crippen molar-refractivity contribution in [1.82, 2.24) is 19.9 Å². The van der Waals surface area contributed by atoms with E-state index in [1.165, 1.54) is 11.3 Å². The van der Waals surface area contributed by atoms with Crippen LogP contribution in [-0.4, -0.2) is 33.0 Å². The Morgan fingerprint density at radius 3 is 2.63 bits per heavy atom. The van der Waals surface area contributed by atoms with Crippen LogP contribution in [0.2, 0.25) is 0 Å². The minimum absolute atomic E-state index is 0.00290. The number of aryl methyl sites for hydroxylation is 1. The molecule has 0 spiro atoms. The number of hydrogen-bond donors (Lipinski definition) is 1. The number of aromatic nitrogens is 3. The van der Waals surface area contributed by atoms with Crippen molar-refractivity contribution in [3.8, 4) is 0 Å². The molecule has 1 aromatic carbocycles. The van der Waals surface area contributed by atoms with E-state index < -0.39 is 0 Å². The van der Waals surface area contributed by atoms with Gasteiger partial charge in [-0.1, -0.05) is 54.5 Å². The van der Waals surface area contributed by atoms with Crippen LogP contribution in [-0.2, 0) is 11.3 Å². The fourth-order valence-electron chi connectivity index (χ4n) is 4.49. The predicted octanol–water partition coefficient (Wildman–Crippen LogP) is 3.17. The van der Waals surface area contributed by atoms with Crippen molar-refractivity contribution in [3.63, 3.8) is 0 Å². The summed E-state index contributed by atoms with van der Waals surface area (Å²) in [5.41, 5.74) is 1.46. The normalized spacial score (nSPS) is 19.2. The molecular weight excluding hydrogens is 398 g/mol. The molecule has 3 heterocycles. The zero-order valence-corrected chi connectivity index (χ0v) is 17.8. The molecule has 1 aliphatic carbocycles. The van der Waals surface area contributed by atoms with Gasteiger partial charge >= 0.3 is 0 Å². The lowest BCUT2D eigenvalue weighted by atomic mass is 10.0. The number of nitrogens with zero attached hydrogens (tertiary/aromatic N) is 4. The van der Waals surface area contributed by atoms with Crippen LogP contribution in [0.3, 0.4) is 0 Å². The Bertz CT molecular complexity index is 1130. The molecule has 1 unspecified atom stereocenters. The maximum atomic E-state index is 13.1. The van der Waals surface area contributed by atoms with E-state index in [9.17, 15) is 9.59 Å². The summed E-state index contributed by atoms with van der Waals surface area (Å²) < 4.78 is 1.83.